The van der Waals surface area contributed by atoms with Gasteiger partial charge in [0.15, 0.2) is 0 Å². The van der Waals surface area contributed by atoms with E-state index in [1.807, 2.05) is 0 Å². The van der Waals surface area contributed by atoms with E-state index in [9.17, 15) is 4.79 Å². The minimum Gasteiger partial charge on any atom is -0.369 e. The summed E-state index contributed by atoms with van der Waals surface area (Å²) in [6.07, 6.45) is 6.25. The van der Waals surface area contributed by atoms with Crippen LogP contribution in [0.5, 0.6) is 0 Å². The fourth-order valence-electron chi connectivity index (χ4n) is 4.26. The van der Waals surface area contributed by atoms with Crippen molar-refractivity contribution in [1.82, 2.24) is 9.80 Å². The predicted molar refractivity (Wildman–Crippen MR) is 92.9 cm³/mol. The van der Waals surface area contributed by atoms with Crippen LogP contribution >= 0.6 is 0 Å². The molecular weight excluding hydrogens is 286 g/mol. The van der Waals surface area contributed by atoms with E-state index in [1.165, 1.54) is 43.4 Å². The van der Waals surface area contributed by atoms with E-state index in [-0.39, 0.29) is 5.91 Å². The Kier molecular flexibility index (Phi) is 4.02. The van der Waals surface area contributed by atoms with Crippen LogP contribution in [0.15, 0.2) is 18.2 Å². The number of benzene rings is 1. The van der Waals surface area contributed by atoms with Gasteiger partial charge in [-0.1, -0.05) is 25.3 Å². The maximum absolute atomic E-state index is 12.9. The summed E-state index contributed by atoms with van der Waals surface area (Å²) in [7, 11) is 2.17. The summed E-state index contributed by atoms with van der Waals surface area (Å²) < 4.78 is 0. The van der Waals surface area contributed by atoms with Crippen molar-refractivity contribution < 1.29 is 4.79 Å². The number of amides is 1. The highest BCUT2D eigenvalue weighted by Gasteiger charge is 2.33. The number of fused-ring (bicyclic) bond motifs is 1. The third-order valence-corrected chi connectivity index (χ3v) is 5.81. The molecule has 1 aliphatic carbocycles. The van der Waals surface area contributed by atoms with E-state index in [0.29, 0.717) is 6.04 Å². The van der Waals surface area contributed by atoms with Crippen LogP contribution in [0.25, 0.3) is 0 Å². The molecule has 3 aliphatic rings. The zero-order valence-corrected chi connectivity index (χ0v) is 14.1. The topological polar surface area (TPSA) is 26.8 Å². The second kappa shape index (κ2) is 6.16. The van der Waals surface area contributed by atoms with Crippen molar-refractivity contribution in [3.05, 3.63) is 29.3 Å². The average molecular weight is 313 g/mol. The molecule has 2 heterocycles. The van der Waals surface area contributed by atoms with Crippen LogP contribution in [0.2, 0.25) is 0 Å². The van der Waals surface area contributed by atoms with Gasteiger partial charge in [0.2, 0.25) is 0 Å². The minimum atomic E-state index is 0.267. The van der Waals surface area contributed by atoms with Gasteiger partial charge in [0, 0.05) is 50.0 Å². The number of anilines is 1. The number of rotatable bonds is 2. The summed E-state index contributed by atoms with van der Waals surface area (Å²) in [5, 5.41) is 0. The quantitative estimate of drug-likeness (QED) is 0.840. The van der Waals surface area contributed by atoms with Crippen LogP contribution in [0.3, 0.4) is 0 Å². The molecule has 124 valence electrons. The van der Waals surface area contributed by atoms with Gasteiger partial charge in [0.05, 0.1) is 0 Å². The van der Waals surface area contributed by atoms with Crippen molar-refractivity contribution in [2.75, 3.05) is 38.1 Å². The lowest BCUT2D eigenvalue weighted by atomic mass is 9.94. The van der Waals surface area contributed by atoms with Crippen LogP contribution in [0.1, 0.15) is 48.0 Å². The molecule has 1 aromatic carbocycles. The molecule has 23 heavy (non-hydrogen) atoms. The lowest BCUT2D eigenvalue weighted by molar-refractivity contribution is 0.0660. The number of likely N-dealkylation sites (N-methyl/N-ethyl adjacent to an activating group) is 1. The zero-order chi connectivity index (χ0) is 15.8. The van der Waals surface area contributed by atoms with Crippen molar-refractivity contribution in [3.8, 4) is 0 Å². The fraction of sp³-hybridized carbons (Fsp3) is 0.632. The van der Waals surface area contributed by atoms with E-state index in [2.05, 4.69) is 39.9 Å². The molecule has 4 heteroatoms. The number of carbonyl (C=O) groups is 1. The van der Waals surface area contributed by atoms with Gasteiger partial charge in [-0.2, -0.15) is 0 Å². The first-order valence-electron chi connectivity index (χ1n) is 9.10. The average Bonchev–Trinajstić information content (AvgIpc) is 2.93. The van der Waals surface area contributed by atoms with E-state index < -0.39 is 0 Å². The van der Waals surface area contributed by atoms with Crippen LogP contribution in [0, 0.1) is 0 Å². The zero-order valence-electron chi connectivity index (χ0n) is 14.1. The molecule has 4 rings (SSSR count). The Hall–Kier alpha value is -1.55. The van der Waals surface area contributed by atoms with Crippen LogP contribution < -0.4 is 4.90 Å². The molecule has 1 saturated heterocycles. The molecule has 2 aliphatic heterocycles. The highest BCUT2D eigenvalue weighted by atomic mass is 16.2. The summed E-state index contributed by atoms with van der Waals surface area (Å²) in [5.41, 5.74) is 3.39. The normalized spacial score (nSPS) is 23.4. The molecule has 2 fully saturated rings. The maximum atomic E-state index is 12.9. The Morgan fingerprint density at radius 3 is 2.48 bits per heavy atom. The molecule has 0 radical (unpaired) electrons. The predicted octanol–water partition coefficient (Wildman–Crippen LogP) is 2.73. The third-order valence-electron chi connectivity index (χ3n) is 5.81. The SMILES string of the molecule is CN1CCN(c2ccc3c(c2)C(=O)N(C2CCCCC2)C3)CC1. The molecule has 4 nitrogen and oxygen atoms in total. The molecule has 1 saturated carbocycles. The first kappa shape index (κ1) is 15.0. The number of nitrogens with zero attached hydrogens (tertiary/aromatic N) is 3. The second-order valence-corrected chi connectivity index (χ2v) is 7.36. The fourth-order valence-corrected chi connectivity index (χ4v) is 4.26. The second-order valence-electron chi connectivity index (χ2n) is 7.36. The molecule has 0 spiro atoms. The maximum Gasteiger partial charge on any atom is 0.254 e. The molecule has 0 atom stereocenters. The Morgan fingerprint density at radius 2 is 1.74 bits per heavy atom. The lowest BCUT2D eigenvalue weighted by Crippen LogP contribution is -2.44. The van der Waals surface area contributed by atoms with Crippen molar-refractivity contribution in [2.45, 2.75) is 44.7 Å². The molecule has 1 aromatic rings. The van der Waals surface area contributed by atoms with Gasteiger partial charge in [0.25, 0.3) is 5.91 Å². The van der Waals surface area contributed by atoms with Crippen molar-refractivity contribution >= 4 is 11.6 Å². The van der Waals surface area contributed by atoms with E-state index in [0.717, 1.165) is 38.3 Å². The Labute approximate surface area is 139 Å². The van der Waals surface area contributed by atoms with Crippen molar-refractivity contribution in [2.24, 2.45) is 0 Å². The van der Waals surface area contributed by atoms with Gasteiger partial charge >= 0.3 is 0 Å². The highest BCUT2D eigenvalue weighted by molar-refractivity contribution is 5.99. The van der Waals surface area contributed by atoms with Gasteiger partial charge in [-0.25, -0.2) is 0 Å². The molecule has 0 aromatic heterocycles. The van der Waals surface area contributed by atoms with Gasteiger partial charge in [-0.15, -0.1) is 0 Å². The standard InChI is InChI=1S/C19H27N3O/c1-20-9-11-21(12-10-20)17-8-7-15-14-22(19(23)18(15)13-17)16-5-3-2-4-6-16/h7-8,13,16H,2-6,9-12,14H2,1H3. The summed E-state index contributed by atoms with van der Waals surface area (Å²) in [4.78, 5) is 19.8. The van der Waals surface area contributed by atoms with E-state index in [4.69, 9.17) is 0 Å². The Bertz CT molecular complexity index is 586. The summed E-state index contributed by atoms with van der Waals surface area (Å²) in [5.74, 6) is 0.267. The minimum absolute atomic E-state index is 0.267. The Morgan fingerprint density at radius 1 is 1.00 bits per heavy atom. The number of piperazine rings is 1. The largest absolute Gasteiger partial charge is 0.369 e. The van der Waals surface area contributed by atoms with Crippen LogP contribution in [0.4, 0.5) is 5.69 Å². The van der Waals surface area contributed by atoms with Crippen molar-refractivity contribution in [3.63, 3.8) is 0 Å². The smallest absolute Gasteiger partial charge is 0.254 e. The highest BCUT2D eigenvalue weighted by Crippen LogP contribution is 2.33. The summed E-state index contributed by atoms with van der Waals surface area (Å²) in [6, 6.07) is 7.01. The van der Waals surface area contributed by atoms with E-state index >= 15 is 0 Å². The van der Waals surface area contributed by atoms with Gasteiger partial charge in [-0.3, -0.25) is 4.79 Å². The lowest BCUT2D eigenvalue weighted by Gasteiger charge is -2.34. The van der Waals surface area contributed by atoms with Crippen LogP contribution in [-0.4, -0.2) is 55.0 Å². The number of carbonyl (C=O) groups excluding carboxylic acids is 1. The summed E-state index contributed by atoms with van der Waals surface area (Å²) >= 11 is 0. The molecule has 0 N–H and O–H groups in total. The first-order valence-corrected chi connectivity index (χ1v) is 9.10. The molecule has 0 bridgehead atoms. The molecule has 0 unspecified atom stereocenters. The first-order chi connectivity index (χ1) is 11.2. The monoisotopic (exact) mass is 313 g/mol. The van der Waals surface area contributed by atoms with Gasteiger partial charge in [-0.05, 0) is 37.6 Å². The number of hydrogen-bond acceptors (Lipinski definition) is 3. The Balaban J connectivity index is 1.52. The van der Waals surface area contributed by atoms with Crippen molar-refractivity contribution in [1.29, 1.82) is 0 Å². The molecular formula is C19H27N3O. The third kappa shape index (κ3) is 2.85. The van der Waals surface area contributed by atoms with Gasteiger partial charge in [0.1, 0.15) is 0 Å². The molecule has 1 amide bonds. The number of hydrogen-bond donors (Lipinski definition) is 0. The van der Waals surface area contributed by atoms with E-state index in [1.54, 1.807) is 0 Å². The summed E-state index contributed by atoms with van der Waals surface area (Å²) in [6.45, 7) is 5.12. The van der Waals surface area contributed by atoms with Crippen LogP contribution in [-0.2, 0) is 6.54 Å². The van der Waals surface area contributed by atoms with Gasteiger partial charge < -0.3 is 14.7 Å².